The van der Waals surface area contributed by atoms with Crippen molar-refractivity contribution in [1.82, 2.24) is 0 Å². The van der Waals surface area contributed by atoms with Gasteiger partial charge in [0.15, 0.2) is 5.75 Å². The van der Waals surface area contributed by atoms with E-state index >= 15 is 0 Å². The number of benzene rings is 1. The number of rotatable bonds is 3. The third-order valence-corrected chi connectivity index (χ3v) is 3.61. The van der Waals surface area contributed by atoms with E-state index in [1.807, 2.05) is 0 Å². The van der Waals surface area contributed by atoms with Crippen LogP contribution in [0.3, 0.4) is 0 Å². The minimum Gasteiger partial charge on any atom is -0.457 e. The van der Waals surface area contributed by atoms with Gasteiger partial charge in [0.2, 0.25) is 5.02 Å². The van der Waals surface area contributed by atoms with Crippen molar-refractivity contribution in [2.45, 2.75) is 11.6 Å². The van der Waals surface area contributed by atoms with E-state index in [1.165, 1.54) is 0 Å². The zero-order valence-electron chi connectivity index (χ0n) is 7.41. The molecule has 0 spiro atoms. The number of halogens is 6. The summed E-state index contributed by atoms with van der Waals surface area (Å²) in [4.78, 5) is 0. The minimum atomic E-state index is -1.16. The largest absolute Gasteiger partial charge is 0.457 e. The van der Waals surface area contributed by atoms with Gasteiger partial charge in [0, 0.05) is 5.56 Å². The predicted molar refractivity (Wildman–Crippen MR) is 68.5 cm³/mol. The Morgan fingerprint density at radius 2 is 1.38 bits per heavy atom. The molecule has 0 bridgehead atoms. The molecule has 0 aliphatic rings. The number of aliphatic hydroxyl groups is 1. The fourth-order valence-corrected chi connectivity index (χ4v) is 2.25. The molecule has 8 heteroatoms. The first-order valence-corrected chi connectivity index (χ1v) is 6.19. The van der Waals surface area contributed by atoms with Gasteiger partial charge in [-0.3, -0.25) is 0 Å². The summed E-state index contributed by atoms with van der Waals surface area (Å²) in [6.45, 7) is -0.400. The van der Waals surface area contributed by atoms with Gasteiger partial charge in [0.1, 0.15) is 10.0 Å². The van der Waals surface area contributed by atoms with Crippen LogP contribution >= 0.6 is 69.6 Å². The maximum Gasteiger partial charge on any atom is 0.248 e. The lowest BCUT2D eigenvalue weighted by molar-refractivity contribution is 0.281. The van der Waals surface area contributed by atoms with Gasteiger partial charge >= 0.3 is 0 Å². The molecule has 0 aliphatic carbocycles. The molecule has 90 valence electrons. The van der Waals surface area contributed by atoms with Gasteiger partial charge in [0.25, 0.3) is 0 Å². The summed E-state index contributed by atoms with van der Waals surface area (Å²) in [5.41, 5.74) is 0.214. The highest BCUT2D eigenvalue weighted by Gasteiger charge is 2.22. The van der Waals surface area contributed by atoms with Crippen molar-refractivity contribution in [3.8, 4) is 5.75 Å². The molecule has 1 rings (SSSR count). The van der Waals surface area contributed by atoms with Gasteiger partial charge in [-0.05, 0) is 0 Å². The molecule has 2 nitrogen and oxygen atoms in total. The molecule has 0 aromatic heterocycles. The van der Waals surface area contributed by atoms with Crippen LogP contribution in [0.4, 0.5) is 0 Å². The zero-order valence-corrected chi connectivity index (χ0v) is 11.9. The molecule has 0 radical (unpaired) electrons. The molecule has 0 aliphatic heterocycles. The zero-order chi connectivity index (χ0) is 12.5. The molecule has 0 saturated carbocycles. The lowest BCUT2D eigenvalue weighted by atomic mass is 10.2. The number of hydrogen-bond donors (Lipinski definition) is 1. The molecular formula is C8H4Cl6O2. The first-order chi connectivity index (χ1) is 7.40. The van der Waals surface area contributed by atoms with Crippen LogP contribution in [0.25, 0.3) is 0 Å². The predicted octanol–water partition coefficient (Wildman–Crippen LogP) is 4.93. The smallest absolute Gasteiger partial charge is 0.248 e. The number of hydrogen-bond acceptors (Lipinski definition) is 2. The van der Waals surface area contributed by atoms with Crippen molar-refractivity contribution >= 4 is 69.6 Å². The standard InChI is InChI=1S/C8H4Cl6O2/c9-3-2(1-15)4(10)6(12)7(5(3)11)16-8(13)14/h8,15H,1H2. The molecular weight excluding hydrogens is 341 g/mol. The van der Waals surface area contributed by atoms with E-state index < -0.39 is 11.6 Å². The van der Waals surface area contributed by atoms with E-state index in [4.69, 9.17) is 79.4 Å². The normalized spacial score (nSPS) is 11.0. The number of ether oxygens (including phenoxy) is 1. The van der Waals surface area contributed by atoms with Crippen LogP contribution in [0.2, 0.25) is 20.1 Å². The number of alkyl halides is 2. The van der Waals surface area contributed by atoms with Crippen LogP contribution in [0.5, 0.6) is 5.75 Å². The second kappa shape index (κ2) is 6.05. The maximum atomic E-state index is 9.04. The molecule has 0 amide bonds. The summed E-state index contributed by atoms with van der Waals surface area (Å²) >= 11 is 34.3. The summed E-state index contributed by atoms with van der Waals surface area (Å²) in [6, 6.07) is 0. The number of aliphatic hydroxyl groups excluding tert-OH is 1. The van der Waals surface area contributed by atoms with Crippen molar-refractivity contribution in [3.05, 3.63) is 25.7 Å². The Bertz CT molecular complexity index is 377. The minimum absolute atomic E-state index is 0.00795. The molecule has 1 aromatic carbocycles. The van der Waals surface area contributed by atoms with E-state index in [2.05, 4.69) is 0 Å². The molecule has 0 saturated heterocycles. The van der Waals surface area contributed by atoms with Crippen molar-refractivity contribution < 1.29 is 9.84 Å². The van der Waals surface area contributed by atoms with Crippen LogP contribution in [-0.4, -0.2) is 10.1 Å². The van der Waals surface area contributed by atoms with Gasteiger partial charge in [-0.1, -0.05) is 69.6 Å². The monoisotopic (exact) mass is 342 g/mol. The molecule has 1 aromatic rings. The first-order valence-electron chi connectivity index (χ1n) is 3.80. The van der Waals surface area contributed by atoms with Crippen LogP contribution in [0.15, 0.2) is 0 Å². The van der Waals surface area contributed by atoms with Crippen LogP contribution < -0.4 is 4.74 Å². The molecule has 0 fully saturated rings. The average molecular weight is 345 g/mol. The van der Waals surface area contributed by atoms with Crippen LogP contribution in [-0.2, 0) is 6.61 Å². The molecule has 0 unspecified atom stereocenters. The Labute approximate surface area is 122 Å². The van der Waals surface area contributed by atoms with E-state index in [1.54, 1.807) is 0 Å². The SMILES string of the molecule is OCc1c(Cl)c(Cl)c(OC(Cl)Cl)c(Cl)c1Cl. The summed E-state index contributed by atoms with van der Waals surface area (Å²) in [6.07, 6.45) is 0. The quantitative estimate of drug-likeness (QED) is 0.622. The second-order valence-electron chi connectivity index (χ2n) is 2.60. The van der Waals surface area contributed by atoms with E-state index in [9.17, 15) is 0 Å². The lowest BCUT2D eigenvalue weighted by Crippen LogP contribution is -2.02. The lowest BCUT2D eigenvalue weighted by Gasteiger charge is -2.15. The van der Waals surface area contributed by atoms with Gasteiger partial charge in [-0.2, -0.15) is 0 Å². The summed E-state index contributed by atoms with van der Waals surface area (Å²) in [5, 5.41) is 7.95. The Morgan fingerprint density at radius 1 is 0.938 bits per heavy atom. The molecule has 16 heavy (non-hydrogen) atoms. The summed E-state index contributed by atoms with van der Waals surface area (Å²) < 4.78 is 4.95. The van der Waals surface area contributed by atoms with Crippen molar-refractivity contribution in [2.75, 3.05) is 0 Å². The Balaban J connectivity index is 3.41. The highest BCUT2D eigenvalue weighted by atomic mass is 35.5. The third kappa shape index (κ3) is 2.94. The maximum absolute atomic E-state index is 9.04. The van der Waals surface area contributed by atoms with E-state index in [0.717, 1.165) is 0 Å². The van der Waals surface area contributed by atoms with Crippen molar-refractivity contribution in [1.29, 1.82) is 0 Å². The summed E-state index contributed by atoms with van der Waals surface area (Å²) in [7, 11) is 0. The average Bonchev–Trinajstić information content (AvgIpc) is 2.22. The van der Waals surface area contributed by atoms with E-state index in [-0.39, 0.29) is 31.4 Å². The highest BCUT2D eigenvalue weighted by molar-refractivity contribution is 6.50. The van der Waals surface area contributed by atoms with Gasteiger partial charge < -0.3 is 9.84 Å². The van der Waals surface area contributed by atoms with Gasteiger partial charge in [0.05, 0.1) is 16.7 Å². The topological polar surface area (TPSA) is 29.5 Å². The summed E-state index contributed by atoms with van der Waals surface area (Å²) in [5.74, 6) is -0.0227. The van der Waals surface area contributed by atoms with Crippen molar-refractivity contribution in [3.63, 3.8) is 0 Å². The fraction of sp³-hybridized carbons (Fsp3) is 0.250. The Morgan fingerprint density at radius 3 is 1.69 bits per heavy atom. The highest BCUT2D eigenvalue weighted by Crippen LogP contribution is 2.46. The first kappa shape index (κ1) is 14.8. The second-order valence-corrected chi connectivity index (χ2v) is 5.13. The van der Waals surface area contributed by atoms with Gasteiger partial charge in [-0.15, -0.1) is 0 Å². The molecule has 0 atom stereocenters. The van der Waals surface area contributed by atoms with E-state index in [0.29, 0.717) is 0 Å². The Kier molecular flexibility index (Phi) is 5.59. The molecule has 0 heterocycles. The van der Waals surface area contributed by atoms with Gasteiger partial charge in [-0.25, -0.2) is 0 Å². The van der Waals surface area contributed by atoms with Crippen LogP contribution in [0, 0.1) is 0 Å². The molecule has 1 N–H and O–H groups in total. The Hall–Kier alpha value is 0.720. The van der Waals surface area contributed by atoms with Crippen LogP contribution in [0.1, 0.15) is 5.56 Å². The fourth-order valence-electron chi connectivity index (χ4n) is 0.988. The van der Waals surface area contributed by atoms with Crippen molar-refractivity contribution in [2.24, 2.45) is 0 Å². The third-order valence-electron chi connectivity index (χ3n) is 1.68.